The van der Waals surface area contributed by atoms with Crippen molar-refractivity contribution >= 4 is 5.91 Å². The molecule has 2 atom stereocenters. The Kier molecular flexibility index (Phi) is 1.87. The lowest BCUT2D eigenvalue weighted by molar-refractivity contribution is -0.128. The van der Waals surface area contributed by atoms with Crippen LogP contribution in [0.1, 0.15) is 25.7 Å². The lowest BCUT2D eigenvalue weighted by Gasteiger charge is -2.27. The highest BCUT2D eigenvalue weighted by atomic mass is 16.2. The summed E-state index contributed by atoms with van der Waals surface area (Å²) in [6.07, 6.45) is 6.56. The number of amides is 1. The Morgan fingerprint density at radius 2 is 2.50 bits per heavy atom. The van der Waals surface area contributed by atoms with Crippen LogP contribution in [0, 0.1) is 0 Å². The summed E-state index contributed by atoms with van der Waals surface area (Å²) in [4.78, 5) is 14.1. The number of likely N-dealkylation sites (tertiary alicyclic amines) is 1. The lowest BCUT2D eigenvalue weighted by atomic mass is 10.2. The van der Waals surface area contributed by atoms with Crippen molar-refractivity contribution in [1.29, 1.82) is 0 Å². The van der Waals surface area contributed by atoms with Crippen molar-refractivity contribution in [2.45, 2.75) is 37.8 Å². The van der Waals surface area contributed by atoms with Crippen LogP contribution in [0.25, 0.3) is 0 Å². The van der Waals surface area contributed by atoms with E-state index in [1.54, 1.807) is 0 Å². The Morgan fingerprint density at radius 3 is 3.07 bits per heavy atom. The molecule has 0 saturated carbocycles. The van der Waals surface area contributed by atoms with Gasteiger partial charge in [0, 0.05) is 30.7 Å². The second kappa shape index (κ2) is 3.09. The number of carbonyl (C=O) groups excluding carboxylic acids is 1. The quantitative estimate of drug-likeness (QED) is 0.662. The normalized spacial score (nSPS) is 35.1. The summed E-state index contributed by atoms with van der Waals surface area (Å²) in [5.74, 6) is 0.316. The third-order valence-corrected chi connectivity index (χ3v) is 3.63. The molecular formula is C11H16N2O. The monoisotopic (exact) mass is 192 g/mol. The fourth-order valence-electron chi connectivity index (χ4n) is 2.86. The summed E-state index contributed by atoms with van der Waals surface area (Å²) < 4.78 is 0. The minimum Gasteiger partial charge on any atom is -0.333 e. The van der Waals surface area contributed by atoms with E-state index in [0.29, 0.717) is 18.0 Å². The second-order valence-corrected chi connectivity index (χ2v) is 4.57. The third kappa shape index (κ3) is 1.19. The van der Waals surface area contributed by atoms with E-state index in [4.69, 9.17) is 0 Å². The highest BCUT2D eigenvalue weighted by molar-refractivity contribution is 5.94. The first-order valence-corrected chi connectivity index (χ1v) is 5.58. The number of hydrogen-bond donors (Lipinski definition) is 1. The van der Waals surface area contributed by atoms with E-state index in [0.717, 1.165) is 31.5 Å². The van der Waals surface area contributed by atoms with Crippen molar-refractivity contribution in [3.8, 4) is 0 Å². The van der Waals surface area contributed by atoms with Crippen molar-refractivity contribution in [1.82, 2.24) is 10.2 Å². The molecule has 2 fully saturated rings. The molecule has 0 aromatic rings. The molecule has 1 aliphatic carbocycles. The van der Waals surface area contributed by atoms with Crippen LogP contribution in [0.4, 0.5) is 0 Å². The molecule has 3 nitrogen and oxygen atoms in total. The molecule has 0 unspecified atom stereocenters. The van der Waals surface area contributed by atoms with Crippen molar-refractivity contribution in [3.63, 3.8) is 0 Å². The van der Waals surface area contributed by atoms with Crippen molar-refractivity contribution in [2.24, 2.45) is 0 Å². The molecule has 2 heterocycles. The van der Waals surface area contributed by atoms with E-state index in [9.17, 15) is 4.79 Å². The molecule has 1 N–H and O–H groups in total. The smallest absolute Gasteiger partial charge is 0.249 e. The Bertz CT molecular complexity index is 298. The summed E-state index contributed by atoms with van der Waals surface area (Å²) in [5.41, 5.74) is 1.07. The summed E-state index contributed by atoms with van der Waals surface area (Å²) >= 11 is 0. The number of piperazine rings is 1. The first kappa shape index (κ1) is 8.48. The zero-order valence-corrected chi connectivity index (χ0v) is 8.33. The zero-order chi connectivity index (χ0) is 9.54. The summed E-state index contributed by atoms with van der Waals surface area (Å²) in [6.45, 7) is 1.94. The first-order valence-electron chi connectivity index (χ1n) is 5.58. The number of nitrogens with one attached hydrogen (secondary N) is 1. The van der Waals surface area contributed by atoms with Gasteiger partial charge in [-0.15, -0.1) is 0 Å². The Labute approximate surface area is 84.2 Å². The van der Waals surface area contributed by atoms with Crippen LogP contribution in [0.3, 0.4) is 0 Å². The minimum atomic E-state index is 0.316. The van der Waals surface area contributed by atoms with Gasteiger partial charge in [-0.25, -0.2) is 0 Å². The summed E-state index contributed by atoms with van der Waals surface area (Å²) in [7, 11) is 0. The van der Waals surface area contributed by atoms with Gasteiger partial charge >= 0.3 is 0 Å². The van der Waals surface area contributed by atoms with E-state index >= 15 is 0 Å². The van der Waals surface area contributed by atoms with E-state index in [1.807, 2.05) is 0 Å². The molecule has 0 aromatic carbocycles. The molecule has 3 aliphatic rings. The van der Waals surface area contributed by atoms with Gasteiger partial charge in [-0.05, 0) is 25.7 Å². The fraction of sp³-hybridized carbons (Fsp3) is 0.727. The van der Waals surface area contributed by atoms with Crippen LogP contribution in [-0.2, 0) is 4.79 Å². The van der Waals surface area contributed by atoms with E-state index in [2.05, 4.69) is 16.3 Å². The molecular weight excluding hydrogens is 176 g/mol. The molecule has 1 amide bonds. The van der Waals surface area contributed by atoms with Gasteiger partial charge in [0.15, 0.2) is 0 Å². The SMILES string of the molecule is O=C(C1=CCCC1)N1C[C@@H]2C[C@H]1CN2. The van der Waals surface area contributed by atoms with Crippen LogP contribution < -0.4 is 5.32 Å². The number of rotatable bonds is 1. The van der Waals surface area contributed by atoms with Gasteiger partial charge in [0.25, 0.3) is 0 Å². The minimum absolute atomic E-state index is 0.316. The molecule has 2 bridgehead atoms. The number of hydrogen-bond acceptors (Lipinski definition) is 2. The molecule has 0 spiro atoms. The van der Waals surface area contributed by atoms with E-state index < -0.39 is 0 Å². The highest BCUT2D eigenvalue weighted by Gasteiger charge is 2.40. The van der Waals surface area contributed by atoms with Crippen LogP contribution in [0.5, 0.6) is 0 Å². The van der Waals surface area contributed by atoms with Gasteiger partial charge in [0.1, 0.15) is 0 Å². The van der Waals surface area contributed by atoms with Crippen molar-refractivity contribution in [3.05, 3.63) is 11.6 Å². The summed E-state index contributed by atoms with van der Waals surface area (Å²) in [5, 5.41) is 3.42. The molecule has 3 rings (SSSR count). The number of carbonyl (C=O) groups is 1. The molecule has 0 aromatic heterocycles. The summed E-state index contributed by atoms with van der Waals surface area (Å²) in [6, 6.07) is 1.06. The Morgan fingerprint density at radius 1 is 1.57 bits per heavy atom. The lowest BCUT2D eigenvalue weighted by Crippen LogP contribution is -2.46. The fourth-order valence-corrected chi connectivity index (χ4v) is 2.86. The Hall–Kier alpha value is -0.830. The molecule has 2 aliphatic heterocycles. The van der Waals surface area contributed by atoms with Crippen LogP contribution in [0.2, 0.25) is 0 Å². The van der Waals surface area contributed by atoms with Gasteiger partial charge in [-0.1, -0.05) is 6.08 Å². The number of nitrogens with zero attached hydrogens (tertiary/aromatic N) is 1. The van der Waals surface area contributed by atoms with Gasteiger partial charge in [-0.3, -0.25) is 4.79 Å². The third-order valence-electron chi connectivity index (χ3n) is 3.63. The van der Waals surface area contributed by atoms with Gasteiger partial charge in [0.2, 0.25) is 5.91 Å². The average Bonchev–Trinajstić information content (AvgIpc) is 2.93. The second-order valence-electron chi connectivity index (χ2n) is 4.57. The molecule has 3 heteroatoms. The van der Waals surface area contributed by atoms with Gasteiger partial charge in [0.05, 0.1) is 0 Å². The van der Waals surface area contributed by atoms with Gasteiger partial charge < -0.3 is 10.2 Å². The van der Waals surface area contributed by atoms with Crippen molar-refractivity contribution < 1.29 is 4.79 Å². The highest BCUT2D eigenvalue weighted by Crippen LogP contribution is 2.27. The maximum absolute atomic E-state index is 12.1. The largest absolute Gasteiger partial charge is 0.333 e. The van der Waals surface area contributed by atoms with Gasteiger partial charge in [-0.2, -0.15) is 0 Å². The predicted molar refractivity (Wildman–Crippen MR) is 53.8 cm³/mol. The predicted octanol–water partition coefficient (Wildman–Crippen LogP) is 0.669. The molecule has 0 radical (unpaired) electrons. The molecule has 2 saturated heterocycles. The van der Waals surface area contributed by atoms with E-state index in [1.165, 1.54) is 12.8 Å². The average molecular weight is 192 g/mol. The van der Waals surface area contributed by atoms with E-state index in [-0.39, 0.29) is 0 Å². The maximum atomic E-state index is 12.1. The Balaban J connectivity index is 1.74. The zero-order valence-electron chi connectivity index (χ0n) is 8.33. The molecule has 14 heavy (non-hydrogen) atoms. The van der Waals surface area contributed by atoms with Crippen molar-refractivity contribution in [2.75, 3.05) is 13.1 Å². The van der Waals surface area contributed by atoms with Crippen LogP contribution >= 0.6 is 0 Å². The first-order chi connectivity index (χ1) is 6.84. The molecule has 76 valence electrons. The number of allylic oxidation sites excluding steroid dienone is 1. The van der Waals surface area contributed by atoms with Crippen LogP contribution in [0.15, 0.2) is 11.6 Å². The van der Waals surface area contributed by atoms with Crippen LogP contribution in [-0.4, -0.2) is 36.0 Å². The topological polar surface area (TPSA) is 32.3 Å². The standard InChI is InChI=1S/C11H16N2O/c14-11(8-3-1-2-4-8)13-7-9-5-10(13)6-12-9/h3,9-10,12H,1-2,4-7H2/t9-,10-/m0/s1. The number of fused-ring (bicyclic) bond motifs is 2. The maximum Gasteiger partial charge on any atom is 0.249 e.